The van der Waals surface area contributed by atoms with Crippen molar-refractivity contribution < 1.29 is 14.4 Å². The molecule has 46 heavy (non-hydrogen) atoms. The standard InChI is InChI=1S/C36H26Cl3N3O3S/c37-26-13-11-23(12-14-26)21-32(42-34(43)25-9-5-2-6-10-25)35(44)40-27-15-18-29(19-16-27)46-33(24-7-3-1-4-8-24)36(45)41-28-17-20-30(38)31(39)22-28/h1-22,33H,(H,40,44)(H,41,45)(H,42,43)/b32-21-. The fourth-order valence-electron chi connectivity index (χ4n) is 4.30. The number of halogens is 3. The zero-order valence-corrected chi connectivity index (χ0v) is 27.1. The van der Waals surface area contributed by atoms with Crippen molar-refractivity contribution in [2.45, 2.75) is 10.1 Å². The van der Waals surface area contributed by atoms with Gasteiger partial charge < -0.3 is 16.0 Å². The molecule has 0 saturated carbocycles. The second-order valence-corrected chi connectivity index (χ2v) is 12.4. The first-order valence-electron chi connectivity index (χ1n) is 14.0. The molecule has 5 aromatic carbocycles. The molecule has 3 N–H and O–H groups in total. The fraction of sp³-hybridized carbons (Fsp3) is 0.0278. The van der Waals surface area contributed by atoms with Crippen molar-refractivity contribution in [3.8, 4) is 0 Å². The number of carbonyl (C=O) groups excluding carboxylic acids is 3. The summed E-state index contributed by atoms with van der Waals surface area (Å²) < 4.78 is 0. The minimum atomic E-state index is -0.585. The molecule has 5 rings (SSSR count). The van der Waals surface area contributed by atoms with E-state index in [1.807, 2.05) is 42.5 Å². The number of anilines is 2. The number of carbonyl (C=O) groups is 3. The van der Waals surface area contributed by atoms with Gasteiger partial charge in [-0.3, -0.25) is 14.4 Å². The third kappa shape index (κ3) is 9.02. The average molecular weight is 687 g/mol. The van der Waals surface area contributed by atoms with Crippen LogP contribution in [0.4, 0.5) is 11.4 Å². The molecule has 0 bridgehead atoms. The lowest BCUT2D eigenvalue weighted by Gasteiger charge is -2.18. The van der Waals surface area contributed by atoms with Gasteiger partial charge in [-0.1, -0.05) is 95.5 Å². The Morgan fingerprint density at radius 1 is 0.652 bits per heavy atom. The van der Waals surface area contributed by atoms with Gasteiger partial charge in [-0.05, 0) is 83.9 Å². The van der Waals surface area contributed by atoms with Gasteiger partial charge in [0.25, 0.3) is 11.8 Å². The minimum absolute atomic E-state index is 0.0535. The number of amides is 3. The van der Waals surface area contributed by atoms with Crippen LogP contribution >= 0.6 is 46.6 Å². The van der Waals surface area contributed by atoms with Crippen LogP contribution in [0.2, 0.25) is 15.1 Å². The zero-order valence-electron chi connectivity index (χ0n) is 24.0. The molecule has 6 nitrogen and oxygen atoms in total. The lowest BCUT2D eigenvalue weighted by Crippen LogP contribution is -2.30. The van der Waals surface area contributed by atoms with Crippen LogP contribution in [-0.4, -0.2) is 17.7 Å². The van der Waals surface area contributed by atoms with Crippen LogP contribution in [0.3, 0.4) is 0 Å². The highest BCUT2D eigenvalue weighted by molar-refractivity contribution is 8.00. The van der Waals surface area contributed by atoms with Crippen molar-refractivity contribution in [2.24, 2.45) is 0 Å². The molecule has 0 saturated heterocycles. The summed E-state index contributed by atoms with van der Waals surface area (Å²) in [5.41, 5.74) is 2.99. The number of nitrogens with one attached hydrogen (secondary N) is 3. The molecule has 0 radical (unpaired) electrons. The molecule has 5 aromatic rings. The summed E-state index contributed by atoms with van der Waals surface area (Å²) in [5.74, 6) is -1.17. The SMILES string of the molecule is O=C(Nc1ccc(SC(C(=O)Nc2ccc(Cl)c(Cl)c2)c2ccccc2)cc1)/C(=C/c1ccc(Cl)cc1)NC(=O)c1ccccc1. The molecule has 0 fully saturated rings. The monoisotopic (exact) mass is 685 g/mol. The number of hydrogen-bond acceptors (Lipinski definition) is 4. The van der Waals surface area contributed by atoms with Gasteiger partial charge in [-0.25, -0.2) is 0 Å². The molecule has 10 heteroatoms. The highest BCUT2D eigenvalue weighted by Crippen LogP contribution is 2.37. The maximum atomic E-state index is 13.4. The number of benzene rings is 5. The Labute approximate surface area is 285 Å². The smallest absolute Gasteiger partial charge is 0.272 e. The second kappa shape index (κ2) is 15.7. The number of rotatable bonds is 10. The van der Waals surface area contributed by atoms with E-state index in [-0.39, 0.29) is 11.6 Å². The molecule has 0 spiro atoms. The molecular formula is C36H26Cl3N3O3S. The number of hydrogen-bond donors (Lipinski definition) is 3. The van der Waals surface area contributed by atoms with Crippen molar-refractivity contribution in [2.75, 3.05) is 10.6 Å². The lowest BCUT2D eigenvalue weighted by molar-refractivity contribution is -0.116. The first-order valence-corrected chi connectivity index (χ1v) is 16.0. The van der Waals surface area contributed by atoms with Gasteiger partial charge in [-0.2, -0.15) is 0 Å². The van der Waals surface area contributed by atoms with Gasteiger partial charge in [0.15, 0.2) is 0 Å². The Kier molecular flexibility index (Phi) is 11.2. The summed E-state index contributed by atoms with van der Waals surface area (Å²) >= 11 is 19.6. The summed E-state index contributed by atoms with van der Waals surface area (Å²) in [6, 6.07) is 36.9. The molecule has 0 aromatic heterocycles. The first kappa shape index (κ1) is 32.9. The van der Waals surface area contributed by atoms with Crippen LogP contribution in [-0.2, 0) is 9.59 Å². The molecule has 3 amide bonds. The van der Waals surface area contributed by atoms with Crippen molar-refractivity contribution in [1.82, 2.24) is 5.32 Å². The van der Waals surface area contributed by atoms with E-state index >= 15 is 0 Å². The van der Waals surface area contributed by atoms with E-state index in [1.54, 1.807) is 91.0 Å². The highest BCUT2D eigenvalue weighted by atomic mass is 35.5. The van der Waals surface area contributed by atoms with E-state index in [1.165, 1.54) is 11.8 Å². The maximum Gasteiger partial charge on any atom is 0.272 e. The van der Waals surface area contributed by atoms with E-state index in [4.69, 9.17) is 34.8 Å². The molecule has 1 unspecified atom stereocenters. The summed E-state index contributed by atoms with van der Waals surface area (Å²) in [6.07, 6.45) is 1.58. The minimum Gasteiger partial charge on any atom is -0.325 e. The Bertz CT molecular complexity index is 1870. The topological polar surface area (TPSA) is 87.3 Å². The van der Waals surface area contributed by atoms with Crippen LogP contribution in [0.25, 0.3) is 6.08 Å². The van der Waals surface area contributed by atoms with Gasteiger partial charge >= 0.3 is 0 Å². The average Bonchev–Trinajstić information content (AvgIpc) is 3.07. The Morgan fingerprint density at radius 2 is 1.28 bits per heavy atom. The first-order chi connectivity index (χ1) is 22.2. The van der Waals surface area contributed by atoms with Crippen molar-refractivity contribution in [3.63, 3.8) is 0 Å². The Morgan fingerprint density at radius 3 is 1.93 bits per heavy atom. The summed E-state index contributed by atoms with van der Waals surface area (Å²) in [5, 5.41) is 9.19. The summed E-state index contributed by atoms with van der Waals surface area (Å²) in [7, 11) is 0. The quantitative estimate of drug-likeness (QED) is 0.101. The van der Waals surface area contributed by atoms with Gasteiger partial charge in [0.05, 0.1) is 10.0 Å². The molecule has 0 aliphatic carbocycles. The van der Waals surface area contributed by atoms with E-state index in [9.17, 15) is 14.4 Å². The highest BCUT2D eigenvalue weighted by Gasteiger charge is 2.23. The largest absolute Gasteiger partial charge is 0.325 e. The predicted molar refractivity (Wildman–Crippen MR) is 189 cm³/mol. The normalized spacial score (nSPS) is 11.8. The molecule has 0 aliphatic heterocycles. The Balaban J connectivity index is 1.32. The molecule has 0 aliphatic rings. The van der Waals surface area contributed by atoms with Crippen LogP contribution < -0.4 is 16.0 Å². The fourth-order valence-corrected chi connectivity index (χ4v) is 5.75. The van der Waals surface area contributed by atoms with Gasteiger partial charge in [0, 0.05) is 26.9 Å². The zero-order chi connectivity index (χ0) is 32.5. The van der Waals surface area contributed by atoms with Crippen molar-refractivity contribution in [3.05, 3.63) is 165 Å². The van der Waals surface area contributed by atoms with E-state index in [0.29, 0.717) is 37.6 Å². The second-order valence-electron chi connectivity index (χ2n) is 9.93. The van der Waals surface area contributed by atoms with E-state index < -0.39 is 17.1 Å². The van der Waals surface area contributed by atoms with Crippen LogP contribution in [0.15, 0.2) is 138 Å². The predicted octanol–water partition coefficient (Wildman–Crippen LogP) is 9.53. The Hall–Kier alpha value is -4.53. The van der Waals surface area contributed by atoms with Gasteiger partial charge in [-0.15, -0.1) is 11.8 Å². The molecule has 1 atom stereocenters. The maximum absolute atomic E-state index is 13.4. The summed E-state index contributed by atoms with van der Waals surface area (Å²) in [6.45, 7) is 0. The summed E-state index contributed by atoms with van der Waals surface area (Å²) in [4.78, 5) is 40.6. The van der Waals surface area contributed by atoms with Crippen molar-refractivity contribution in [1.29, 1.82) is 0 Å². The van der Waals surface area contributed by atoms with Gasteiger partial charge in [0.1, 0.15) is 10.9 Å². The molecule has 0 heterocycles. The van der Waals surface area contributed by atoms with Crippen molar-refractivity contribution >= 4 is 81.7 Å². The molecular weight excluding hydrogens is 661 g/mol. The van der Waals surface area contributed by atoms with E-state index in [2.05, 4.69) is 16.0 Å². The van der Waals surface area contributed by atoms with Crippen LogP contribution in [0, 0.1) is 0 Å². The third-order valence-electron chi connectivity index (χ3n) is 6.60. The third-order valence-corrected chi connectivity index (χ3v) is 8.86. The van der Waals surface area contributed by atoms with Gasteiger partial charge in [0.2, 0.25) is 5.91 Å². The number of thioether (sulfide) groups is 1. The lowest BCUT2D eigenvalue weighted by atomic mass is 10.1. The molecule has 230 valence electrons. The van der Waals surface area contributed by atoms with E-state index in [0.717, 1.165) is 10.5 Å². The van der Waals surface area contributed by atoms with Crippen LogP contribution in [0.5, 0.6) is 0 Å². The van der Waals surface area contributed by atoms with Crippen LogP contribution in [0.1, 0.15) is 26.7 Å².